The summed E-state index contributed by atoms with van der Waals surface area (Å²) in [5, 5.41) is 13.6. The summed E-state index contributed by atoms with van der Waals surface area (Å²) in [6.07, 6.45) is 1.66. The maximum Gasteiger partial charge on any atom is 0.255 e. The molecule has 5 rings (SSSR count). The molecular weight excluding hydrogens is 542 g/mol. The van der Waals surface area contributed by atoms with Crippen molar-refractivity contribution in [3.05, 3.63) is 84.6 Å². The zero-order valence-corrected chi connectivity index (χ0v) is 25.1. The van der Waals surface area contributed by atoms with Crippen molar-refractivity contribution in [3.63, 3.8) is 0 Å². The van der Waals surface area contributed by atoms with E-state index in [1.165, 1.54) is 0 Å². The van der Waals surface area contributed by atoms with Crippen LogP contribution in [-0.4, -0.2) is 63.2 Å². The summed E-state index contributed by atoms with van der Waals surface area (Å²) >= 11 is 0. The van der Waals surface area contributed by atoms with Gasteiger partial charge in [0.05, 0.1) is 23.7 Å². The summed E-state index contributed by atoms with van der Waals surface area (Å²) < 4.78 is 11.3. The number of nitrogens with one attached hydrogen (secondary N) is 2. The lowest BCUT2D eigenvalue weighted by Gasteiger charge is -2.30. The van der Waals surface area contributed by atoms with E-state index in [0.29, 0.717) is 58.2 Å². The summed E-state index contributed by atoms with van der Waals surface area (Å²) in [5.41, 5.74) is 4.63. The van der Waals surface area contributed by atoms with Gasteiger partial charge in [0, 0.05) is 41.6 Å². The summed E-state index contributed by atoms with van der Waals surface area (Å²) in [4.78, 5) is 27.6. The molecule has 0 radical (unpaired) electrons. The second kappa shape index (κ2) is 13.0. The number of hydrogen-bond donors (Lipinski definition) is 3. The molecule has 2 aromatic heterocycles. The van der Waals surface area contributed by atoms with Crippen LogP contribution in [0.2, 0.25) is 0 Å². The number of fused-ring (bicyclic) bond motifs is 1. The van der Waals surface area contributed by atoms with Gasteiger partial charge in [-0.05, 0) is 100.0 Å². The molecule has 0 saturated carbocycles. The summed E-state index contributed by atoms with van der Waals surface area (Å²) in [5.74, 6) is 1.56. The third-order valence-electron chi connectivity index (χ3n) is 7.33. The van der Waals surface area contributed by atoms with E-state index in [1.54, 1.807) is 43.6 Å². The minimum absolute atomic E-state index is 0.0771. The lowest BCUT2D eigenvalue weighted by atomic mass is 10.0. The normalized spacial score (nSPS) is 11.4. The lowest BCUT2D eigenvalue weighted by Crippen LogP contribution is -2.39. The first-order chi connectivity index (χ1) is 20.7. The number of amides is 1. The monoisotopic (exact) mass is 579 g/mol. The Morgan fingerprint density at radius 1 is 0.977 bits per heavy atom. The Morgan fingerprint density at radius 3 is 2.47 bits per heavy atom. The Labute approximate surface area is 251 Å². The number of carbonyl (C=O) groups is 1. The third-order valence-corrected chi connectivity index (χ3v) is 7.33. The van der Waals surface area contributed by atoms with Crippen LogP contribution in [-0.2, 0) is 0 Å². The zero-order valence-electron chi connectivity index (χ0n) is 25.1. The van der Waals surface area contributed by atoms with Gasteiger partial charge in [-0.25, -0.2) is 9.97 Å². The maximum atomic E-state index is 13.1. The molecule has 0 fully saturated rings. The first kappa shape index (κ1) is 29.6. The SMILES string of the molecule is COc1ncccc1-c1ccc(O)c(-c2nc3ccc(C(=O)Nc4ccc(OCCN(C(C)C)C(C)C)cc4)cc3[nH]2)c1. The van der Waals surface area contributed by atoms with E-state index in [0.717, 1.165) is 23.4 Å². The molecule has 0 aliphatic heterocycles. The molecule has 0 aliphatic carbocycles. The number of methoxy groups -OCH3 is 1. The van der Waals surface area contributed by atoms with Crippen molar-refractivity contribution in [1.29, 1.82) is 0 Å². The molecule has 0 bridgehead atoms. The van der Waals surface area contributed by atoms with Gasteiger partial charge >= 0.3 is 0 Å². The predicted molar refractivity (Wildman–Crippen MR) is 170 cm³/mol. The molecule has 0 spiro atoms. The minimum atomic E-state index is -0.246. The van der Waals surface area contributed by atoms with Gasteiger partial charge in [0.2, 0.25) is 5.88 Å². The fourth-order valence-electron chi connectivity index (χ4n) is 5.16. The molecule has 9 heteroatoms. The molecule has 9 nitrogen and oxygen atoms in total. The van der Waals surface area contributed by atoms with Crippen molar-refractivity contribution in [3.8, 4) is 39.9 Å². The Balaban J connectivity index is 1.28. The maximum absolute atomic E-state index is 13.1. The number of aromatic hydroxyl groups is 1. The Kier molecular flexibility index (Phi) is 8.92. The summed E-state index contributed by atoms with van der Waals surface area (Å²) in [6, 6.07) is 22.5. The van der Waals surface area contributed by atoms with Crippen molar-refractivity contribution in [2.75, 3.05) is 25.6 Å². The van der Waals surface area contributed by atoms with Crippen molar-refractivity contribution in [2.45, 2.75) is 39.8 Å². The van der Waals surface area contributed by atoms with Crippen LogP contribution in [0.4, 0.5) is 5.69 Å². The number of aromatic amines is 1. The fourth-order valence-corrected chi connectivity index (χ4v) is 5.16. The second-order valence-corrected chi connectivity index (χ2v) is 10.9. The highest BCUT2D eigenvalue weighted by Crippen LogP contribution is 2.35. The van der Waals surface area contributed by atoms with Crippen molar-refractivity contribution in [2.24, 2.45) is 0 Å². The van der Waals surface area contributed by atoms with E-state index < -0.39 is 0 Å². The molecular formula is C34H37N5O4. The summed E-state index contributed by atoms with van der Waals surface area (Å²) in [7, 11) is 1.57. The number of ether oxygens (including phenoxy) is 2. The Hall–Kier alpha value is -4.89. The average molecular weight is 580 g/mol. The average Bonchev–Trinajstić information content (AvgIpc) is 3.43. The van der Waals surface area contributed by atoms with Crippen LogP contribution < -0.4 is 14.8 Å². The number of nitrogens with zero attached hydrogens (tertiary/aromatic N) is 3. The van der Waals surface area contributed by atoms with Gasteiger partial charge in [-0.2, -0.15) is 0 Å². The highest BCUT2D eigenvalue weighted by atomic mass is 16.5. The lowest BCUT2D eigenvalue weighted by molar-refractivity contribution is 0.102. The first-order valence-corrected chi connectivity index (χ1v) is 14.4. The van der Waals surface area contributed by atoms with E-state index in [9.17, 15) is 9.90 Å². The van der Waals surface area contributed by atoms with Crippen LogP contribution in [0.3, 0.4) is 0 Å². The van der Waals surface area contributed by atoms with E-state index in [1.807, 2.05) is 42.5 Å². The van der Waals surface area contributed by atoms with E-state index in [2.05, 4.69) is 52.9 Å². The highest BCUT2D eigenvalue weighted by molar-refractivity contribution is 6.06. The number of anilines is 1. The smallest absolute Gasteiger partial charge is 0.255 e. The molecule has 0 saturated heterocycles. The Bertz CT molecular complexity index is 1700. The molecule has 2 heterocycles. The topological polar surface area (TPSA) is 113 Å². The van der Waals surface area contributed by atoms with Gasteiger partial charge in [0.15, 0.2) is 0 Å². The molecule has 3 aromatic carbocycles. The minimum Gasteiger partial charge on any atom is -0.507 e. The van der Waals surface area contributed by atoms with Gasteiger partial charge < -0.3 is 24.9 Å². The molecule has 0 unspecified atom stereocenters. The molecule has 1 amide bonds. The standard InChI is InChI=1S/C34H37N5O4/c1-21(2)39(22(3)4)17-18-43-26-12-10-25(11-13-26)36-33(41)24-8-14-29-30(20-24)38-32(37-29)28-19-23(9-15-31(28)40)27-7-6-16-35-34(27)42-5/h6-16,19-22,40H,17-18H2,1-5H3,(H,36,41)(H,37,38). The number of carbonyl (C=O) groups excluding carboxylic acids is 1. The van der Waals surface area contributed by atoms with Gasteiger partial charge in [-0.3, -0.25) is 9.69 Å². The second-order valence-electron chi connectivity index (χ2n) is 10.9. The van der Waals surface area contributed by atoms with Gasteiger partial charge in [-0.1, -0.05) is 6.07 Å². The van der Waals surface area contributed by atoms with Crippen LogP contribution in [0, 0.1) is 0 Å². The molecule has 3 N–H and O–H groups in total. The molecule has 0 atom stereocenters. The van der Waals surface area contributed by atoms with Gasteiger partial charge in [-0.15, -0.1) is 0 Å². The van der Waals surface area contributed by atoms with Crippen molar-refractivity contribution in [1.82, 2.24) is 19.9 Å². The number of rotatable bonds is 11. The zero-order chi connectivity index (χ0) is 30.5. The molecule has 43 heavy (non-hydrogen) atoms. The highest BCUT2D eigenvalue weighted by Gasteiger charge is 2.16. The predicted octanol–water partition coefficient (Wildman–Crippen LogP) is 6.76. The van der Waals surface area contributed by atoms with E-state index >= 15 is 0 Å². The van der Waals surface area contributed by atoms with Crippen LogP contribution in [0.25, 0.3) is 33.5 Å². The molecule has 222 valence electrons. The quantitative estimate of drug-likeness (QED) is 0.159. The first-order valence-electron chi connectivity index (χ1n) is 14.4. The number of pyridine rings is 1. The molecule has 5 aromatic rings. The molecule has 0 aliphatic rings. The fraction of sp³-hybridized carbons (Fsp3) is 0.265. The Morgan fingerprint density at radius 2 is 1.74 bits per heavy atom. The van der Waals surface area contributed by atoms with Crippen LogP contribution in [0.15, 0.2) is 79.0 Å². The van der Waals surface area contributed by atoms with E-state index in [-0.39, 0.29) is 11.7 Å². The third kappa shape index (κ3) is 6.79. The number of aromatic nitrogens is 3. The van der Waals surface area contributed by atoms with Gasteiger partial charge in [0.1, 0.15) is 23.9 Å². The largest absolute Gasteiger partial charge is 0.507 e. The number of imidazole rings is 1. The van der Waals surface area contributed by atoms with Crippen LogP contribution in [0.5, 0.6) is 17.4 Å². The number of phenols is 1. The number of H-pyrrole nitrogens is 1. The summed E-state index contributed by atoms with van der Waals surface area (Å²) in [6.45, 7) is 10.2. The van der Waals surface area contributed by atoms with Gasteiger partial charge in [0.25, 0.3) is 5.91 Å². The van der Waals surface area contributed by atoms with Crippen LogP contribution in [0.1, 0.15) is 38.1 Å². The van der Waals surface area contributed by atoms with E-state index in [4.69, 9.17) is 9.47 Å². The number of phenolic OH excluding ortho intramolecular Hbond substituents is 1. The number of hydrogen-bond acceptors (Lipinski definition) is 7. The van der Waals surface area contributed by atoms with Crippen molar-refractivity contribution < 1.29 is 19.4 Å². The van der Waals surface area contributed by atoms with Crippen LogP contribution >= 0.6 is 0 Å². The van der Waals surface area contributed by atoms with Crippen molar-refractivity contribution >= 4 is 22.6 Å². The number of benzene rings is 3.